The molecule has 1 aliphatic rings. The summed E-state index contributed by atoms with van der Waals surface area (Å²) in [5.74, 6) is -6.81. The number of fused-ring (bicyclic) bond motifs is 1. The number of para-hydroxylation sites is 1. The zero-order valence-electron chi connectivity index (χ0n) is 13.4. The second kappa shape index (κ2) is 5.96. The van der Waals surface area contributed by atoms with E-state index < -0.39 is 23.5 Å². The van der Waals surface area contributed by atoms with Crippen molar-refractivity contribution < 1.29 is 22.0 Å². The van der Waals surface area contributed by atoms with Gasteiger partial charge in [-0.15, -0.1) is 0 Å². The van der Waals surface area contributed by atoms with E-state index in [9.17, 15) is 26.7 Å². The van der Waals surface area contributed by atoms with E-state index in [0.29, 0.717) is 11.1 Å². The molecule has 0 amide bonds. The summed E-state index contributed by atoms with van der Waals surface area (Å²) >= 11 is 0. The first-order valence-electron chi connectivity index (χ1n) is 7.92. The summed E-state index contributed by atoms with van der Waals surface area (Å²) in [4.78, 5) is 16.1. The van der Waals surface area contributed by atoms with Crippen molar-refractivity contribution in [3.05, 3.63) is 40.4 Å². The summed E-state index contributed by atoms with van der Waals surface area (Å²) in [6, 6.07) is 5.31. The molecule has 3 rings (SSSR count). The van der Waals surface area contributed by atoms with Gasteiger partial charge in [-0.25, -0.2) is 4.98 Å². The Labute approximate surface area is 139 Å². The van der Waals surface area contributed by atoms with E-state index in [1.165, 1.54) is 29.3 Å². The van der Waals surface area contributed by atoms with Gasteiger partial charge >= 0.3 is 12.1 Å². The number of halogens is 5. The molecule has 2 aromatic rings. The van der Waals surface area contributed by atoms with Gasteiger partial charge in [-0.3, -0.25) is 4.79 Å². The van der Waals surface area contributed by atoms with Crippen molar-refractivity contribution in [3.63, 3.8) is 0 Å². The highest BCUT2D eigenvalue weighted by molar-refractivity contribution is 5.77. The minimum Gasteiger partial charge on any atom is -0.301 e. The van der Waals surface area contributed by atoms with E-state index in [-0.39, 0.29) is 23.5 Å². The molecule has 136 valence electrons. The molecular formula is C16H16F5N3O. The summed E-state index contributed by atoms with van der Waals surface area (Å²) in [5, 5.41) is 1.23. The van der Waals surface area contributed by atoms with Gasteiger partial charge in [0.1, 0.15) is 0 Å². The molecule has 25 heavy (non-hydrogen) atoms. The van der Waals surface area contributed by atoms with Gasteiger partial charge in [0.2, 0.25) is 5.82 Å². The standard InChI is InChI=1S/C16H16F5N3O/c1-2-3-6-10-9-23(10)24-13(25)11-7-4-5-8-12(11)22-14(24)15(17,18)16(19,20)21/h4-5,7-8,10H,2-3,6,9H2,1H3. The molecule has 1 fully saturated rings. The van der Waals surface area contributed by atoms with Crippen molar-refractivity contribution in [1.82, 2.24) is 9.66 Å². The molecule has 9 heteroatoms. The summed E-state index contributed by atoms with van der Waals surface area (Å²) < 4.78 is 67.1. The summed E-state index contributed by atoms with van der Waals surface area (Å²) in [6.07, 6.45) is -3.57. The van der Waals surface area contributed by atoms with Crippen LogP contribution in [0.15, 0.2) is 29.1 Å². The monoisotopic (exact) mass is 361 g/mol. The minimum absolute atomic E-state index is 0.00497. The third-order valence-electron chi connectivity index (χ3n) is 4.22. The summed E-state index contributed by atoms with van der Waals surface area (Å²) in [6.45, 7) is 2.20. The third-order valence-corrected chi connectivity index (χ3v) is 4.22. The lowest BCUT2D eigenvalue weighted by Gasteiger charge is -2.23. The average Bonchev–Trinajstić information content (AvgIpc) is 3.31. The maximum atomic E-state index is 14.0. The van der Waals surface area contributed by atoms with Crippen molar-refractivity contribution in [3.8, 4) is 0 Å². The van der Waals surface area contributed by atoms with E-state index in [4.69, 9.17) is 0 Å². The van der Waals surface area contributed by atoms with Crippen molar-refractivity contribution in [2.75, 3.05) is 11.6 Å². The van der Waals surface area contributed by atoms with Gasteiger partial charge in [-0.05, 0) is 18.6 Å². The highest BCUT2D eigenvalue weighted by Crippen LogP contribution is 2.43. The Balaban J connectivity index is 2.18. The van der Waals surface area contributed by atoms with Crippen LogP contribution in [0.4, 0.5) is 22.0 Å². The topological polar surface area (TPSA) is 37.9 Å². The number of nitrogens with zero attached hydrogens (tertiary/aromatic N) is 3. The van der Waals surface area contributed by atoms with Gasteiger partial charge in [0.25, 0.3) is 5.56 Å². The number of alkyl halides is 5. The molecule has 1 saturated heterocycles. The van der Waals surface area contributed by atoms with Crippen molar-refractivity contribution in [2.45, 2.75) is 44.3 Å². The Morgan fingerprint density at radius 3 is 2.52 bits per heavy atom. The number of rotatable bonds is 5. The Kier molecular flexibility index (Phi) is 4.20. The molecule has 0 aliphatic carbocycles. The normalized spacial score (nSPS) is 18.0. The number of hydrogen-bond donors (Lipinski definition) is 0. The average molecular weight is 361 g/mol. The summed E-state index contributed by atoms with van der Waals surface area (Å²) in [5.41, 5.74) is -1.10. The van der Waals surface area contributed by atoms with E-state index in [1.807, 2.05) is 6.92 Å². The maximum absolute atomic E-state index is 14.0. The van der Waals surface area contributed by atoms with Gasteiger partial charge in [0, 0.05) is 0 Å². The van der Waals surface area contributed by atoms with Crippen LogP contribution in [0.25, 0.3) is 10.9 Å². The molecule has 0 spiro atoms. The number of unbranched alkanes of at least 4 members (excludes halogenated alkanes) is 1. The Bertz CT molecular complexity index is 846. The number of aromatic nitrogens is 2. The molecular weight excluding hydrogens is 345 g/mol. The predicted molar refractivity (Wildman–Crippen MR) is 82.3 cm³/mol. The molecule has 0 bridgehead atoms. The Morgan fingerprint density at radius 2 is 1.88 bits per heavy atom. The first kappa shape index (κ1) is 17.6. The molecule has 1 atom stereocenters. The Morgan fingerprint density at radius 1 is 1.20 bits per heavy atom. The van der Waals surface area contributed by atoms with Crippen LogP contribution < -0.4 is 10.6 Å². The van der Waals surface area contributed by atoms with Crippen LogP contribution in [0, 0.1) is 0 Å². The number of benzene rings is 1. The SMILES string of the molecule is CCCCC1CN1n1c(C(F)(F)C(F)(F)F)nc2ccccc2c1=O. The Hall–Kier alpha value is -2.19. The highest BCUT2D eigenvalue weighted by Gasteiger charge is 2.62. The molecule has 1 aliphatic heterocycles. The molecule has 2 heterocycles. The minimum atomic E-state index is -5.84. The van der Waals surface area contributed by atoms with Crippen LogP contribution in [0.2, 0.25) is 0 Å². The van der Waals surface area contributed by atoms with Crippen LogP contribution in [0.5, 0.6) is 0 Å². The van der Waals surface area contributed by atoms with Gasteiger partial charge in [-0.1, -0.05) is 31.9 Å². The summed E-state index contributed by atoms with van der Waals surface area (Å²) in [7, 11) is 0. The first-order chi connectivity index (χ1) is 11.7. The fourth-order valence-electron chi connectivity index (χ4n) is 2.79. The lowest BCUT2D eigenvalue weighted by atomic mass is 10.2. The van der Waals surface area contributed by atoms with Gasteiger partial charge in [0.15, 0.2) is 0 Å². The molecule has 0 saturated carbocycles. The molecule has 4 nitrogen and oxygen atoms in total. The van der Waals surface area contributed by atoms with Crippen LogP contribution in [-0.2, 0) is 5.92 Å². The molecule has 0 N–H and O–H groups in total. The van der Waals surface area contributed by atoms with Crippen molar-refractivity contribution >= 4 is 10.9 Å². The molecule has 1 aromatic heterocycles. The van der Waals surface area contributed by atoms with Gasteiger partial charge < -0.3 is 5.01 Å². The molecule has 1 aromatic carbocycles. The molecule has 0 radical (unpaired) electrons. The smallest absolute Gasteiger partial charge is 0.301 e. The lowest BCUT2D eigenvalue weighted by molar-refractivity contribution is -0.293. The highest BCUT2D eigenvalue weighted by atomic mass is 19.4. The van der Waals surface area contributed by atoms with Gasteiger partial charge in [-0.2, -0.15) is 26.6 Å². The maximum Gasteiger partial charge on any atom is 0.461 e. The fraction of sp³-hybridized carbons (Fsp3) is 0.500. The van der Waals surface area contributed by atoms with Crippen LogP contribution >= 0.6 is 0 Å². The largest absolute Gasteiger partial charge is 0.461 e. The van der Waals surface area contributed by atoms with E-state index in [1.54, 1.807) is 0 Å². The third kappa shape index (κ3) is 2.96. The van der Waals surface area contributed by atoms with Crippen molar-refractivity contribution in [1.29, 1.82) is 0 Å². The fourth-order valence-corrected chi connectivity index (χ4v) is 2.79. The quantitative estimate of drug-likeness (QED) is 0.604. The van der Waals surface area contributed by atoms with Crippen LogP contribution in [0.3, 0.4) is 0 Å². The second-order valence-electron chi connectivity index (χ2n) is 6.06. The molecule has 1 unspecified atom stereocenters. The zero-order valence-corrected chi connectivity index (χ0v) is 13.4. The van der Waals surface area contributed by atoms with E-state index in [0.717, 1.165) is 12.8 Å². The zero-order chi connectivity index (χ0) is 18.4. The first-order valence-corrected chi connectivity index (χ1v) is 7.92. The number of hydrogen-bond acceptors (Lipinski definition) is 3. The predicted octanol–water partition coefficient (Wildman–Crippen LogP) is 3.56. The van der Waals surface area contributed by atoms with Crippen molar-refractivity contribution in [2.24, 2.45) is 0 Å². The van der Waals surface area contributed by atoms with Crippen LogP contribution in [0.1, 0.15) is 32.0 Å². The second-order valence-corrected chi connectivity index (χ2v) is 6.06. The van der Waals surface area contributed by atoms with E-state index in [2.05, 4.69) is 4.98 Å². The lowest BCUT2D eigenvalue weighted by Crippen LogP contribution is -2.44. The van der Waals surface area contributed by atoms with E-state index >= 15 is 0 Å². The van der Waals surface area contributed by atoms with Crippen LogP contribution in [-0.4, -0.2) is 28.4 Å². The van der Waals surface area contributed by atoms with Gasteiger partial charge in [0.05, 0.1) is 23.5 Å².